The molecule has 1 rings (SSSR count). The van der Waals surface area contributed by atoms with Crippen molar-refractivity contribution in [2.24, 2.45) is 0 Å². The van der Waals surface area contributed by atoms with Crippen molar-refractivity contribution in [1.29, 1.82) is 0 Å². The first-order valence-electron chi connectivity index (χ1n) is 6.49. The van der Waals surface area contributed by atoms with Gasteiger partial charge in [-0.1, -0.05) is 0 Å². The van der Waals surface area contributed by atoms with E-state index in [1.54, 1.807) is 21.0 Å². The smallest absolute Gasteiger partial charge is 0.323 e. The van der Waals surface area contributed by atoms with Gasteiger partial charge in [-0.3, -0.25) is 14.4 Å². The molecule has 9 nitrogen and oxygen atoms in total. The number of piperazine rings is 1. The van der Waals surface area contributed by atoms with Crippen LogP contribution in [0.25, 0.3) is 0 Å². The second kappa shape index (κ2) is 6.91. The molecule has 0 spiro atoms. The number of nitrogens with zero attached hydrogens (tertiary/aromatic N) is 3. The molecule has 1 aliphatic heterocycles. The summed E-state index contributed by atoms with van der Waals surface area (Å²) in [6.07, 6.45) is 0. The molecule has 0 bridgehead atoms. The Morgan fingerprint density at radius 2 is 1.95 bits per heavy atom. The van der Waals surface area contributed by atoms with E-state index in [0.29, 0.717) is 0 Å². The Morgan fingerprint density at radius 1 is 1.33 bits per heavy atom. The van der Waals surface area contributed by atoms with Gasteiger partial charge in [0.1, 0.15) is 12.6 Å². The van der Waals surface area contributed by atoms with Crippen LogP contribution in [0.2, 0.25) is 0 Å². The minimum Gasteiger partial charge on any atom is -0.480 e. The van der Waals surface area contributed by atoms with E-state index in [2.05, 4.69) is 5.32 Å². The van der Waals surface area contributed by atoms with Crippen molar-refractivity contribution in [3.05, 3.63) is 0 Å². The Morgan fingerprint density at radius 3 is 2.48 bits per heavy atom. The predicted molar refractivity (Wildman–Crippen MR) is 72.5 cm³/mol. The maximum absolute atomic E-state index is 12.0. The molecule has 0 aliphatic carbocycles. The van der Waals surface area contributed by atoms with Crippen molar-refractivity contribution in [2.45, 2.75) is 13.0 Å². The lowest BCUT2D eigenvalue weighted by molar-refractivity contribution is -0.154. The number of hydrogen-bond acceptors (Lipinski definition) is 4. The number of carbonyl (C=O) groups is 4. The summed E-state index contributed by atoms with van der Waals surface area (Å²) in [6, 6.07) is -1.13. The van der Waals surface area contributed by atoms with Gasteiger partial charge in [0.05, 0.1) is 6.54 Å². The zero-order valence-electron chi connectivity index (χ0n) is 12.3. The summed E-state index contributed by atoms with van der Waals surface area (Å²) in [5.74, 6) is -1.87. The van der Waals surface area contributed by atoms with Gasteiger partial charge in [-0.15, -0.1) is 0 Å². The quantitative estimate of drug-likeness (QED) is 0.650. The second-order valence-corrected chi connectivity index (χ2v) is 4.97. The fourth-order valence-corrected chi connectivity index (χ4v) is 2.00. The zero-order chi connectivity index (χ0) is 16.2. The number of nitrogens with one attached hydrogen (secondary N) is 1. The average molecular weight is 300 g/mol. The number of carboxylic acid groups (broad SMARTS) is 1. The van der Waals surface area contributed by atoms with Gasteiger partial charge in [-0.25, -0.2) is 4.79 Å². The molecule has 1 unspecified atom stereocenters. The van der Waals surface area contributed by atoms with E-state index in [4.69, 9.17) is 5.11 Å². The molecule has 0 aromatic heterocycles. The van der Waals surface area contributed by atoms with Crippen LogP contribution in [0, 0.1) is 0 Å². The average Bonchev–Trinajstić information content (AvgIpc) is 2.40. The normalized spacial score (nSPS) is 18.4. The minimum atomic E-state index is -1.09. The molecular weight excluding hydrogens is 280 g/mol. The number of carbonyl (C=O) groups excluding carboxylic acids is 3. The number of rotatable bonds is 4. The van der Waals surface area contributed by atoms with E-state index in [9.17, 15) is 19.2 Å². The lowest BCUT2D eigenvalue weighted by Crippen LogP contribution is -2.59. The Balaban J connectivity index is 2.57. The van der Waals surface area contributed by atoms with Crippen molar-refractivity contribution in [3.63, 3.8) is 0 Å². The molecule has 4 amide bonds. The lowest BCUT2D eigenvalue weighted by atomic mass is 10.1. The Labute approximate surface area is 122 Å². The first-order valence-corrected chi connectivity index (χ1v) is 6.49. The van der Waals surface area contributed by atoms with E-state index >= 15 is 0 Å². The number of urea groups is 1. The van der Waals surface area contributed by atoms with Gasteiger partial charge in [0.2, 0.25) is 11.8 Å². The lowest BCUT2D eigenvalue weighted by Gasteiger charge is -2.38. The summed E-state index contributed by atoms with van der Waals surface area (Å²) in [7, 11) is 3.10. The third-order valence-electron chi connectivity index (χ3n) is 3.19. The fraction of sp³-hybridized carbons (Fsp3) is 0.667. The minimum absolute atomic E-state index is 0.169. The first-order chi connectivity index (χ1) is 9.73. The molecule has 118 valence electrons. The Kier molecular flexibility index (Phi) is 5.51. The Bertz CT molecular complexity index is 451. The summed E-state index contributed by atoms with van der Waals surface area (Å²) in [4.78, 5) is 49.9. The molecule has 1 aliphatic rings. The van der Waals surface area contributed by atoms with E-state index in [0.717, 1.165) is 0 Å². The molecule has 9 heteroatoms. The molecule has 0 aromatic carbocycles. The molecule has 0 aromatic rings. The third-order valence-corrected chi connectivity index (χ3v) is 3.19. The van der Waals surface area contributed by atoms with Crippen LogP contribution in [-0.4, -0.2) is 89.9 Å². The van der Waals surface area contributed by atoms with Crippen LogP contribution in [-0.2, 0) is 14.4 Å². The molecule has 1 atom stereocenters. The molecule has 0 saturated carbocycles. The first kappa shape index (κ1) is 16.7. The highest BCUT2D eigenvalue weighted by molar-refractivity contribution is 5.91. The van der Waals surface area contributed by atoms with Crippen LogP contribution in [0.1, 0.15) is 6.92 Å². The van der Waals surface area contributed by atoms with Crippen LogP contribution in [0.3, 0.4) is 0 Å². The fourth-order valence-electron chi connectivity index (χ4n) is 2.00. The summed E-state index contributed by atoms with van der Waals surface area (Å²) >= 11 is 0. The van der Waals surface area contributed by atoms with E-state index < -0.39 is 23.9 Å². The molecule has 1 heterocycles. The molecule has 1 saturated heterocycles. The van der Waals surface area contributed by atoms with Gasteiger partial charge in [0.15, 0.2) is 0 Å². The number of hydrogen-bond donors (Lipinski definition) is 2. The maximum Gasteiger partial charge on any atom is 0.323 e. The maximum atomic E-state index is 12.0. The summed E-state index contributed by atoms with van der Waals surface area (Å²) in [5.41, 5.74) is 0. The molecule has 21 heavy (non-hydrogen) atoms. The van der Waals surface area contributed by atoms with Crippen molar-refractivity contribution in [2.75, 3.05) is 40.3 Å². The van der Waals surface area contributed by atoms with Gasteiger partial charge in [0.25, 0.3) is 0 Å². The van der Waals surface area contributed by atoms with E-state index in [1.165, 1.54) is 14.7 Å². The van der Waals surface area contributed by atoms with Crippen LogP contribution in [0.15, 0.2) is 0 Å². The van der Waals surface area contributed by atoms with Crippen LogP contribution >= 0.6 is 0 Å². The molecule has 2 N–H and O–H groups in total. The van der Waals surface area contributed by atoms with Gasteiger partial charge >= 0.3 is 12.0 Å². The largest absolute Gasteiger partial charge is 0.480 e. The summed E-state index contributed by atoms with van der Waals surface area (Å²) in [5, 5.41) is 11.2. The third kappa shape index (κ3) is 4.33. The topological polar surface area (TPSA) is 110 Å². The second-order valence-electron chi connectivity index (χ2n) is 4.97. The van der Waals surface area contributed by atoms with Crippen molar-refractivity contribution in [1.82, 2.24) is 20.0 Å². The zero-order valence-corrected chi connectivity index (χ0v) is 12.3. The van der Waals surface area contributed by atoms with Gasteiger partial charge in [-0.05, 0) is 6.92 Å². The Hall–Kier alpha value is -2.32. The van der Waals surface area contributed by atoms with Crippen molar-refractivity contribution in [3.8, 4) is 0 Å². The number of carboxylic acids is 1. The SMILES string of the molecule is CC1C(=O)N(CC(=O)O)CCN1C(=O)CNC(=O)N(C)C. The highest BCUT2D eigenvalue weighted by Gasteiger charge is 2.34. The monoisotopic (exact) mass is 300 g/mol. The summed E-state index contributed by atoms with van der Waals surface area (Å²) in [6.45, 7) is 1.39. The number of amides is 4. The molecular formula is C12H20N4O5. The van der Waals surface area contributed by atoms with Crippen LogP contribution < -0.4 is 5.32 Å². The predicted octanol–water partition coefficient (Wildman–Crippen LogP) is -1.60. The van der Waals surface area contributed by atoms with E-state index in [-0.39, 0.29) is 32.1 Å². The standard InChI is InChI=1S/C12H20N4O5/c1-8-11(20)15(7-10(18)19)4-5-16(8)9(17)6-13-12(21)14(2)3/h8H,4-7H2,1-3H3,(H,13,21)(H,18,19). The highest BCUT2D eigenvalue weighted by atomic mass is 16.4. The van der Waals surface area contributed by atoms with E-state index in [1.807, 2.05) is 0 Å². The molecule has 0 radical (unpaired) electrons. The van der Waals surface area contributed by atoms with Gasteiger partial charge in [-0.2, -0.15) is 0 Å². The molecule has 1 fully saturated rings. The van der Waals surface area contributed by atoms with Gasteiger partial charge in [0, 0.05) is 27.2 Å². The van der Waals surface area contributed by atoms with Crippen LogP contribution in [0.5, 0.6) is 0 Å². The van der Waals surface area contributed by atoms with Crippen molar-refractivity contribution >= 4 is 23.8 Å². The number of aliphatic carboxylic acids is 1. The van der Waals surface area contributed by atoms with Crippen LogP contribution in [0.4, 0.5) is 4.79 Å². The van der Waals surface area contributed by atoms with Gasteiger partial charge < -0.3 is 25.1 Å². The van der Waals surface area contributed by atoms with Crippen molar-refractivity contribution < 1.29 is 24.3 Å². The highest BCUT2D eigenvalue weighted by Crippen LogP contribution is 2.11. The summed E-state index contributed by atoms with van der Waals surface area (Å²) < 4.78 is 0.